The summed E-state index contributed by atoms with van der Waals surface area (Å²) in [6.45, 7) is 4.75. The Hall–Kier alpha value is -1.50. The first-order valence-corrected chi connectivity index (χ1v) is 11.8. The van der Waals surface area contributed by atoms with Crippen LogP contribution in [0.1, 0.15) is 69.2 Å². The smallest absolute Gasteiger partial charge is 0.259 e. The van der Waals surface area contributed by atoms with Gasteiger partial charge in [-0.05, 0) is 60.6 Å². The Labute approximate surface area is 186 Å². The summed E-state index contributed by atoms with van der Waals surface area (Å²) in [5.74, 6) is 0.421. The zero-order chi connectivity index (χ0) is 22.1. The molecule has 0 aromatic carbocycles. The number of ether oxygens (including phenoxy) is 3. The summed E-state index contributed by atoms with van der Waals surface area (Å²) in [5.41, 5.74) is 3.31. The van der Waals surface area contributed by atoms with E-state index in [1.165, 1.54) is 43.2 Å². The molecule has 0 radical (unpaired) electrons. The summed E-state index contributed by atoms with van der Waals surface area (Å²) in [6, 6.07) is 2.15. The van der Waals surface area contributed by atoms with Gasteiger partial charge in [0.25, 0.3) is 5.91 Å². The number of carbonyl (C=O) groups is 1. The second-order valence-electron chi connectivity index (χ2n) is 10.3. The zero-order valence-electron chi connectivity index (χ0n) is 19.6. The average molecular weight is 431 g/mol. The summed E-state index contributed by atoms with van der Waals surface area (Å²) >= 11 is 0. The molecule has 0 N–H and O–H groups in total. The lowest BCUT2D eigenvalue weighted by molar-refractivity contribution is -0.235. The van der Waals surface area contributed by atoms with Crippen molar-refractivity contribution >= 4 is 5.91 Å². The topological polar surface area (TPSA) is 60.9 Å². The molecule has 2 atom stereocenters. The van der Waals surface area contributed by atoms with Crippen LogP contribution in [0, 0.1) is 11.3 Å². The van der Waals surface area contributed by atoms with Crippen molar-refractivity contribution in [3.8, 4) is 0 Å². The molecular weight excluding hydrogens is 392 g/mol. The van der Waals surface area contributed by atoms with E-state index in [1.54, 1.807) is 19.1 Å². The van der Waals surface area contributed by atoms with Gasteiger partial charge in [-0.25, -0.2) is 0 Å². The minimum Gasteiger partial charge on any atom is -0.364 e. The standard InChI is InChI=1S/C25H38N2O4/c1-18(2)12-22-25(31-17-30-4,23(28)27(22)16-29-3)15-21-20-14-24(9-6-5-7-10-24)13-19(20)8-11-26-21/h8,11,18,22H,5-7,9-10,12-17H2,1-4H3/t22-,25+/m0/s1. The number of aromatic nitrogens is 1. The van der Waals surface area contributed by atoms with E-state index in [1.807, 2.05) is 6.20 Å². The number of methoxy groups -OCH3 is 2. The van der Waals surface area contributed by atoms with Crippen molar-refractivity contribution in [1.29, 1.82) is 0 Å². The monoisotopic (exact) mass is 430 g/mol. The Morgan fingerprint density at radius 1 is 1.16 bits per heavy atom. The van der Waals surface area contributed by atoms with Crippen LogP contribution in [0.15, 0.2) is 12.3 Å². The maximum absolute atomic E-state index is 13.4. The fraction of sp³-hybridized carbons (Fsp3) is 0.760. The Kier molecular flexibility index (Phi) is 6.71. The Balaban J connectivity index is 1.64. The van der Waals surface area contributed by atoms with Crippen molar-refractivity contribution in [2.24, 2.45) is 11.3 Å². The highest BCUT2D eigenvalue weighted by Gasteiger charge is 2.62. The van der Waals surface area contributed by atoms with Crippen LogP contribution in [0.2, 0.25) is 0 Å². The maximum Gasteiger partial charge on any atom is 0.259 e. The summed E-state index contributed by atoms with van der Waals surface area (Å²) in [6.07, 6.45) is 12.2. The van der Waals surface area contributed by atoms with Crippen molar-refractivity contribution < 1.29 is 19.0 Å². The minimum absolute atomic E-state index is 0.0122. The predicted molar refractivity (Wildman–Crippen MR) is 119 cm³/mol. The zero-order valence-corrected chi connectivity index (χ0v) is 19.6. The molecule has 4 rings (SSSR count). The summed E-state index contributed by atoms with van der Waals surface area (Å²) < 4.78 is 16.8. The van der Waals surface area contributed by atoms with Gasteiger partial charge in [-0.3, -0.25) is 9.78 Å². The fourth-order valence-corrected chi connectivity index (χ4v) is 6.19. The van der Waals surface area contributed by atoms with Crippen molar-refractivity contribution in [2.45, 2.75) is 83.3 Å². The Morgan fingerprint density at radius 2 is 1.94 bits per heavy atom. The number of β-lactam (4-membered cyclic amide) rings is 1. The van der Waals surface area contributed by atoms with Crippen molar-refractivity contribution in [2.75, 3.05) is 27.7 Å². The number of amides is 1. The summed E-state index contributed by atoms with van der Waals surface area (Å²) in [5, 5.41) is 0. The van der Waals surface area contributed by atoms with Crippen LogP contribution in [0.4, 0.5) is 0 Å². The lowest BCUT2D eigenvalue weighted by Crippen LogP contribution is -2.76. The number of nitrogens with zero attached hydrogens (tertiary/aromatic N) is 2. The maximum atomic E-state index is 13.4. The van der Waals surface area contributed by atoms with Crippen molar-refractivity contribution in [3.63, 3.8) is 0 Å². The van der Waals surface area contributed by atoms with Gasteiger partial charge in [0, 0.05) is 32.5 Å². The predicted octanol–water partition coefficient (Wildman–Crippen LogP) is 3.89. The molecule has 3 aliphatic rings. The van der Waals surface area contributed by atoms with Crippen LogP contribution in [-0.4, -0.2) is 55.2 Å². The van der Waals surface area contributed by atoms with Crippen molar-refractivity contribution in [1.82, 2.24) is 9.88 Å². The molecule has 0 bridgehead atoms. The molecule has 2 heterocycles. The van der Waals surface area contributed by atoms with Crippen LogP contribution in [0.5, 0.6) is 0 Å². The van der Waals surface area contributed by atoms with E-state index in [0.717, 1.165) is 25.0 Å². The van der Waals surface area contributed by atoms with Gasteiger partial charge in [0.15, 0.2) is 5.60 Å². The van der Waals surface area contributed by atoms with Gasteiger partial charge in [0.05, 0.1) is 6.04 Å². The fourth-order valence-electron chi connectivity index (χ4n) is 6.19. The number of carbonyl (C=O) groups excluding carboxylic acids is 1. The summed E-state index contributed by atoms with van der Waals surface area (Å²) in [7, 11) is 3.23. The number of hydrogen-bond donors (Lipinski definition) is 0. The van der Waals surface area contributed by atoms with E-state index >= 15 is 0 Å². The van der Waals surface area contributed by atoms with Gasteiger partial charge in [0.2, 0.25) is 0 Å². The van der Waals surface area contributed by atoms with Gasteiger partial charge in [-0.15, -0.1) is 0 Å². The highest BCUT2D eigenvalue weighted by molar-refractivity contribution is 5.93. The highest BCUT2D eigenvalue weighted by atomic mass is 16.7. The number of likely N-dealkylation sites (tertiary alicyclic amines) is 1. The molecule has 1 aromatic rings. The lowest BCUT2D eigenvalue weighted by atomic mass is 9.71. The SMILES string of the molecule is COCO[C@@]1(Cc2nccc3c2CC2(CCCCC2)C3)C(=O)N(COC)[C@H]1CC(C)C. The van der Waals surface area contributed by atoms with Crippen molar-refractivity contribution in [3.05, 3.63) is 29.1 Å². The molecule has 0 unspecified atom stereocenters. The van der Waals surface area contributed by atoms with Gasteiger partial charge in [-0.1, -0.05) is 33.1 Å². The van der Waals surface area contributed by atoms with Gasteiger partial charge in [-0.2, -0.15) is 0 Å². The number of pyridine rings is 1. The van der Waals surface area contributed by atoms with Gasteiger partial charge >= 0.3 is 0 Å². The molecular formula is C25H38N2O4. The van der Waals surface area contributed by atoms with Crippen LogP contribution in [0.3, 0.4) is 0 Å². The molecule has 1 amide bonds. The number of hydrogen-bond acceptors (Lipinski definition) is 5. The second kappa shape index (κ2) is 9.16. The molecule has 1 aliphatic heterocycles. The van der Waals surface area contributed by atoms with E-state index in [2.05, 4.69) is 19.9 Å². The molecule has 6 nitrogen and oxygen atoms in total. The molecule has 6 heteroatoms. The van der Waals surface area contributed by atoms with E-state index in [0.29, 0.717) is 17.8 Å². The second-order valence-corrected chi connectivity index (χ2v) is 10.3. The largest absolute Gasteiger partial charge is 0.364 e. The first-order chi connectivity index (χ1) is 14.9. The Morgan fingerprint density at radius 3 is 2.61 bits per heavy atom. The van der Waals surface area contributed by atoms with Gasteiger partial charge in [0.1, 0.15) is 13.5 Å². The first kappa shape index (κ1) is 22.7. The van der Waals surface area contributed by atoms with Crippen LogP contribution < -0.4 is 0 Å². The molecule has 1 spiro atoms. The lowest BCUT2D eigenvalue weighted by Gasteiger charge is -2.55. The molecule has 2 aliphatic carbocycles. The minimum atomic E-state index is -0.927. The molecule has 1 saturated heterocycles. The van der Waals surface area contributed by atoms with Gasteiger partial charge < -0.3 is 19.1 Å². The normalized spacial score (nSPS) is 27.1. The van der Waals surface area contributed by atoms with E-state index in [-0.39, 0.29) is 25.5 Å². The quantitative estimate of drug-likeness (QED) is 0.439. The van der Waals surface area contributed by atoms with E-state index in [4.69, 9.17) is 19.2 Å². The molecule has 31 heavy (non-hydrogen) atoms. The van der Waals surface area contributed by atoms with Crippen LogP contribution in [0.25, 0.3) is 0 Å². The molecule has 172 valence electrons. The third kappa shape index (κ3) is 4.14. The summed E-state index contributed by atoms with van der Waals surface area (Å²) in [4.78, 5) is 20.0. The van der Waals surface area contributed by atoms with Crippen LogP contribution in [-0.2, 0) is 38.3 Å². The Bertz CT molecular complexity index is 790. The number of fused-ring (bicyclic) bond motifs is 1. The average Bonchev–Trinajstić information content (AvgIpc) is 3.12. The molecule has 1 saturated carbocycles. The molecule has 1 aromatic heterocycles. The first-order valence-electron chi connectivity index (χ1n) is 11.8. The van der Waals surface area contributed by atoms with Crippen LogP contribution >= 0.6 is 0 Å². The third-order valence-corrected chi connectivity index (χ3v) is 7.64. The van der Waals surface area contributed by atoms with E-state index < -0.39 is 5.60 Å². The number of rotatable bonds is 9. The van der Waals surface area contributed by atoms with E-state index in [9.17, 15) is 4.79 Å². The third-order valence-electron chi connectivity index (χ3n) is 7.64. The highest BCUT2D eigenvalue weighted by Crippen LogP contribution is 2.49. The molecule has 2 fully saturated rings.